The van der Waals surface area contributed by atoms with E-state index in [9.17, 15) is 4.79 Å². The zero-order chi connectivity index (χ0) is 13.1. The van der Waals surface area contributed by atoms with Crippen molar-refractivity contribution in [3.05, 3.63) is 0 Å². The molecular weight excluding hydrogens is 232 g/mol. The molecule has 18 heavy (non-hydrogen) atoms. The Bertz CT molecular complexity index is 218. The van der Waals surface area contributed by atoms with Crippen molar-refractivity contribution in [2.75, 3.05) is 40.0 Å². The molecule has 1 aliphatic carbocycles. The van der Waals surface area contributed by atoms with Crippen LogP contribution in [0.5, 0.6) is 0 Å². The summed E-state index contributed by atoms with van der Waals surface area (Å²) in [5.41, 5.74) is 0. The van der Waals surface area contributed by atoms with Gasteiger partial charge in [-0.25, -0.2) is 0 Å². The minimum absolute atomic E-state index is 0.0961. The van der Waals surface area contributed by atoms with Crippen molar-refractivity contribution in [3.8, 4) is 0 Å². The summed E-state index contributed by atoms with van der Waals surface area (Å²) in [6.45, 7) is 2.90. The minimum atomic E-state index is 0.0961. The smallest absolute Gasteiger partial charge is 0.234 e. The monoisotopic (exact) mass is 258 g/mol. The van der Waals surface area contributed by atoms with Gasteiger partial charge in [-0.1, -0.05) is 19.3 Å². The van der Waals surface area contributed by atoms with E-state index in [0.29, 0.717) is 39.0 Å². The summed E-state index contributed by atoms with van der Waals surface area (Å²) in [6.07, 6.45) is 6.05. The number of hydrogen-bond donors (Lipinski definition) is 2. The topological polar surface area (TPSA) is 59.6 Å². The molecule has 0 bridgehead atoms. The Labute approximate surface area is 110 Å². The van der Waals surface area contributed by atoms with Crippen LogP contribution in [0, 0.1) is 0 Å². The highest BCUT2D eigenvalue weighted by atomic mass is 16.5. The molecule has 5 heteroatoms. The Kier molecular flexibility index (Phi) is 8.81. The highest BCUT2D eigenvalue weighted by molar-refractivity contribution is 5.78. The lowest BCUT2D eigenvalue weighted by atomic mass is 9.95. The van der Waals surface area contributed by atoms with E-state index in [2.05, 4.69) is 10.6 Å². The fraction of sp³-hybridized carbons (Fsp3) is 0.923. The summed E-state index contributed by atoms with van der Waals surface area (Å²) in [5, 5.41) is 6.14. The summed E-state index contributed by atoms with van der Waals surface area (Å²) in [5.74, 6) is 0.0961. The van der Waals surface area contributed by atoms with E-state index in [4.69, 9.17) is 9.47 Å². The lowest BCUT2D eigenvalue weighted by molar-refractivity contribution is -0.121. The summed E-state index contributed by atoms with van der Waals surface area (Å²) in [4.78, 5) is 11.6. The number of carbonyl (C=O) groups excluding carboxylic acids is 1. The third-order valence-corrected chi connectivity index (χ3v) is 3.11. The van der Waals surface area contributed by atoms with Gasteiger partial charge in [-0.05, 0) is 12.8 Å². The Hall–Kier alpha value is -0.650. The van der Waals surface area contributed by atoms with Crippen LogP contribution in [0.4, 0.5) is 0 Å². The molecule has 1 rings (SSSR count). The number of amides is 1. The van der Waals surface area contributed by atoms with Gasteiger partial charge in [-0.3, -0.25) is 4.79 Å². The van der Waals surface area contributed by atoms with Crippen molar-refractivity contribution in [1.82, 2.24) is 10.6 Å². The third-order valence-electron chi connectivity index (χ3n) is 3.11. The van der Waals surface area contributed by atoms with Crippen LogP contribution in [-0.4, -0.2) is 52.0 Å². The molecule has 1 aliphatic rings. The average Bonchev–Trinajstić information content (AvgIpc) is 2.39. The molecule has 0 unspecified atom stereocenters. The standard InChI is InChI=1S/C13H26N2O3/c1-17-9-10-18-8-7-14-11-13(16)15-12-5-3-2-4-6-12/h12,14H,2-11H2,1H3,(H,15,16). The molecule has 0 aromatic rings. The largest absolute Gasteiger partial charge is 0.382 e. The fourth-order valence-corrected chi connectivity index (χ4v) is 2.12. The van der Waals surface area contributed by atoms with Crippen LogP contribution in [0.15, 0.2) is 0 Å². The molecule has 2 N–H and O–H groups in total. The molecule has 0 heterocycles. The molecule has 0 atom stereocenters. The van der Waals surface area contributed by atoms with Crippen molar-refractivity contribution in [3.63, 3.8) is 0 Å². The third kappa shape index (κ3) is 7.63. The molecule has 5 nitrogen and oxygen atoms in total. The second kappa shape index (κ2) is 10.3. The van der Waals surface area contributed by atoms with Gasteiger partial charge in [-0.15, -0.1) is 0 Å². The molecule has 1 fully saturated rings. The zero-order valence-corrected chi connectivity index (χ0v) is 11.4. The van der Waals surface area contributed by atoms with Gasteiger partial charge < -0.3 is 20.1 Å². The molecule has 1 amide bonds. The Morgan fingerprint density at radius 2 is 1.94 bits per heavy atom. The second-order valence-electron chi connectivity index (χ2n) is 4.68. The SMILES string of the molecule is COCCOCCNCC(=O)NC1CCCCC1. The van der Waals surface area contributed by atoms with E-state index < -0.39 is 0 Å². The van der Waals surface area contributed by atoms with Crippen LogP contribution in [0.25, 0.3) is 0 Å². The lowest BCUT2D eigenvalue weighted by Crippen LogP contribution is -2.41. The van der Waals surface area contributed by atoms with Crippen LogP contribution in [0.2, 0.25) is 0 Å². The summed E-state index contributed by atoms with van der Waals surface area (Å²) < 4.78 is 10.1. The number of methoxy groups -OCH3 is 1. The van der Waals surface area contributed by atoms with Gasteiger partial charge in [0.05, 0.1) is 26.4 Å². The van der Waals surface area contributed by atoms with Gasteiger partial charge in [-0.2, -0.15) is 0 Å². The average molecular weight is 258 g/mol. The van der Waals surface area contributed by atoms with Crippen LogP contribution in [0.1, 0.15) is 32.1 Å². The number of rotatable bonds is 9. The molecule has 1 saturated carbocycles. The predicted molar refractivity (Wildman–Crippen MR) is 70.6 cm³/mol. The quantitative estimate of drug-likeness (QED) is 0.597. The van der Waals surface area contributed by atoms with Gasteiger partial charge in [0.25, 0.3) is 0 Å². The number of carbonyl (C=O) groups is 1. The van der Waals surface area contributed by atoms with Crippen LogP contribution < -0.4 is 10.6 Å². The maximum Gasteiger partial charge on any atom is 0.234 e. The van der Waals surface area contributed by atoms with E-state index >= 15 is 0 Å². The van der Waals surface area contributed by atoms with E-state index in [1.807, 2.05) is 0 Å². The Balaban J connectivity index is 1.90. The van der Waals surface area contributed by atoms with Crippen molar-refractivity contribution in [2.45, 2.75) is 38.1 Å². The normalized spacial score (nSPS) is 16.7. The summed E-state index contributed by atoms with van der Waals surface area (Å²) in [6, 6.07) is 0.394. The first-order valence-corrected chi connectivity index (χ1v) is 6.89. The first-order chi connectivity index (χ1) is 8.83. The summed E-state index contributed by atoms with van der Waals surface area (Å²) >= 11 is 0. The van der Waals surface area contributed by atoms with E-state index in [-0.39, 0.29) is 5.91 Å². The number of nitrogens with one attached hydrogen (secondary N) is 2. The molecule has 0 saturated heterocycles. The Morgan fingerprint density at radius 1 is 1.17 bits per heavy atom. The first-order valence-electron chi connectivity index (χ1n) is 6.89. The van der Waals surface area contributed by atoms with E-state index in [0.717, 1.165) is 12.8 Å². The van der Waals surface area contributed by atoms with Gasteiger partial charge in [0, 0.05) is 19.7 Å². The van der Waals surface area contributed by atoms with E-state index in [1.54, 1.807) is 7.11 Å². The highest BCUT2D eigenvalue weighted by Crippen LogP contribution is 2.16. The van der Waals surface area contributed by atoms with Crippen LogP contribution in [-0.2, 0) is 14.3 Å². The Morgan fingerprint density at radius 3 is 2.67 bits per heavy atom. The highest BCUT2D eigenvalue weighted by Gasteiger charge is 2.14. The fourth-order valence-electron chi connectivity index (χ4n) is 2.12. The van der Waals surface area contributed by atoms with Gasteiger partial charge in [0.15, 0.2) is 0 Å². The first kappa shape index (κ1) is 15.4. The zero-order valence-electron chi connectivity index (χ0n) is 11.4. The number of hydrogen-bond acceptors (Lipinski definition) is 4. The lowest BCUT2D eigenvalue weighted by Gasteiger charge is -2.22. The maximum absolute atomic E-state index is 11.6. The van der Waals surface area contributed by atoms with Crippen molar-refractivity contribution in [2.24, 2.45) is 0 Å². The molecular formula is C13H26N2O3. The van der Waals surface area contributed by atoms with Crippen molar-refractivity contribution >= 4 is 5.91 Å². The molecule has 0 radical (unpaired) electrons. The van der Waals surface area contributed by atoms with E-state index in [1.165, 1.54) is 19.3 Å². The summed E-state index contributed by atoms with van der Waals surface area (Å²) in [7, 11) is 1.65. The van der Waals surface area contributed by atoms with Crippen molar-refractivity contribution < 1.29 is 14.3 Å². The number of ether oxygens (including phenoxy) is 2. The van der Waals surface area contributed by atoms with Crippen LogP contribution >= 0.6 is 0 Å². The minimum Gasteiger partial charge on any atom is -0.382 e. The molecule has 0 aliphatic heterocycles. The molecule has 0 aromatic heterocycles. The predicted octanol–water partition coefficient (Wildman–Crippen LogP) is 0.688. The van der Waals surface area contributed by atoms with Crippen molar-refractivity contribution in [1.29, 1.82) is 0 Å². The van der Waals surface area contributed by atoms with Gasteiger partial charge in [0.1, 0.15) is 0 Å². The van der Waals surface area contributed by atoms with Gasteiger partial charge in [0.2, 0.25) is 5.91 Å². The van der Waals surface area contributed by atoms with Crippen LogP contribution in [0.3, 0.4) is 0 Å². The second-order valence-corrected chi connectivity index (χ2v) is 4.68. The van der Waals surface area contributed by atoms with Gasteiger partial charge >= 0.3 is 0 Å². The maximum atomic E-state index is 11.6. The molecule has 106 valence electrons. The molecule has 0 aromatic carbocycles. The molecule has 0 spiro atoms.